The fourth-order valence-corrected chi connectivity index (χ4v) is 2.92. The largest absolute Gasteiger partial charge is 0.316 e. The van der Waals surface area contributed by atoms with Gasteiger partial charge < -0.3 is 5.32 Å². The van der Waals surface area contributed by atoms with Crippen molar-refractivity contribution in [1.82, 2.24) is 15.3 Å². The second-order valence-corrected chi connectivity index (χ2v) is 5.94. The highest BCUT2D eigenvalue weighted by atomic mass is 14.9. The highest BCUT2D eigenvalue weighted by molar-refractivity contribution is 5.29. The molecule has 3 nitrogen and oxygen atoms in total. The molecule has 2 aliphatic rings. The van der Waals surface area contributed by atoms with Crippen molar-refractivity contribution in [3.05, 3.63) is 22.8 Å². The summed E-state index contributed by atoms with van der Waals surface area (Å²) in [5.74, 6) is 1.82. The van der Waals surface area contributed by atoms with Gasteiger partial charge in [-0.15, -0.1) is 0 Å². The standard InChI is InChI=1S/C16H25N3/c1-2-3-4-5-14-13-8-10-17-11-9-15(13)19-16(18-14)12-6-7-12/h12,17H,2-11H2,1H3. The van der Waals surface area contributed by atoms with Gasteiger partial charge in [-0.1, -0.05) is 19.8 Å². The van der Waals surface area contributed by atoms with Gasteiger partial charge in [0, 0.05) is 30.3 Å². The van der Waals surface area contributed by atoms with Crippen LogP contribution in [-0.4, -0.2) is 23.1 Å². The molecular weight excluding hydrogens is 234 g/mol. The molecule has 1 aromatic rings. The highest BCUT2D eigenvalue weighted by Gasteiger charge is 2.28. The zero-order valence-corrected chi connectivity index (χ0v) is 12.0. The summed E-state index contributed by atoms with van der Waals surface area (Å²) in [6.45, 7) is 4.42. The first kappa shape index (κ1) is 13.0. The van der Waals surface area contributed by atoms with Gasteiger partial charge in [0.2, 0.25) is 0 Å². The SMILES string of the molecule is CCCCCc1nc(C2CC2)nc2c1CCNCC2. The molecule has 0 radical (unpaired) electrons. The van der Waals surface area contributed by atoms with Crippen LogP contribution in [0.25, 0.3) is 0 Å². The lowest BCUT2D eigenvalue weighted by atomic mass is 10.0. The van der Waals surface area contributed by atoms with Crippen molar-refractivity contribution in [2.45, 2.75) is 64.2 Å². The maximum atomic E-state index is 4.92. The summed E-state index contributed by atoms with van der Waals surface area (Å²) >= 11 is 0. The molecule has 0 amide bonds. The van der Waals surface area contributed by atoms with Crippen molar-refractivity contribution < 1.29 is 0 Å². The van der Waals surface area contributed by atoms with Crippen LogP contribution in [0, 0.1) is 0 Å². The Labute approximate surface area is 116 Å². The van der Waals surface area contributed by atoms with Gasteiger partial charge in [-0.25, -0.2) is 9.97 Å². The molecule has 104 valence electrons. The molecule has 1 saturated carbocycles. The summed E-state index contributed by atoms with van der Waals surface area (Å²) < 4.78 is 0. The lowest BCUT2D eigenvalue weighted by Crippen LogP contribution is -2.16. The summed E-state index contributed by atoms with van der Waals surface area (Å²) in [4.78, 5) is 9.80. The van der Waals surface area contributed by atoms with Gasteiger partial charge in [0.1, 0.15) is 5.82 Å². The van der Waals surface area contributed by atoms with Gasteiger partial charge in [0.25, 0.3) is 0 Å². The van der Waals surface area contributed by atoms with Gasteiger partial charge in [-0.3, -0.25) is 0 Å². The summed E-state index contributed by atoms with van der Waals surface area (Å²) in [6, 6.07) is 0. The van der Waals surface area contributed by atoms with Crippen LogP contribution in [0.2, 0.25) is 0 Å². The second-order valence-electron chi connectivity index (χ2n) is 5.94. The number of hydrogen-bond acceptors (Lipinski definition) is 3. The molecular formula is C16H25N3. The first-order chi connectivity index (χ1) is 9.38. The van der Waals surface area contributed by atoms with E-state index in [0.29, 0.717) is 5.92 Å². The number of hydrogen-bond donors (Lipinski definition) is 1. The summed E-state index contributed by atoms with van der Waals surface area (Å²) in [5, 5.41) is 3.49. The monoisotopic (exact) mass is 259 g/mol. The minimum atomic E-state index is 0.673. The fourth-order valence-electron chi connectivity index (χ4n) is 2.92. The molecule has 1 aromatic heterocycles. The quantitative estimate of drug-likeness (QED) is 0.826. The Morgan fingerprint density at radius 3 is 2.74 bits per heavy atom. The first-order valence-electron chi connectivity index (χ1n) is 7.97. The predicted octanol–water partition coefficient (Wildman–Crippen LogP) is 2.77. The highest BCUT2D eigenvalue weighted by Crippen LogP contribution is 2.38. The van der Waals surface area contributed by atoms with E-state index < -0.39 is 0 Å². The van der Waals surface area contributed by atoms with Crippen molar-refractivity contribution in [2.75, 3.05) is 13.1 Å². The van der Waals surface area contributed by atoms with E-state index in [0.717, 1.165) is 38.2 Å². The number of rotatable bonds is 5. The fraction of sp³-hybridized carbons (Fsp3) is 0.750. The van der Waals surface area contributed by atoms with Crippen LogP contribution in [0.4, 0.5) is 0 Å². The molecule has 0 spiro atoms. The zero-order chi connectivity index (χ0) is 13.1. The Morgan fingerprint density at radius 1 is 1.11 bits per heavy atom. The Kier molecular flexibility index (Phi) is 4.12. The molecule has 3 heteroatoms. The van der Waals surface area contributed by atoms with Gasteiger partial charge in [-0.05, 0) is 44.2 Å². The molecule has 3 rings (SSSR count). The van der Waals surface area contributed by atoms with E-state index in [9.17, 15) is 0 Å². The molecule has 0 atom stereocenters. The second kappa shape index (κ2) is 6.00. The number of fused-ring (bicyclic) bond motifs is 1. The third-order valence-electron chi connectivity index (χ3n) is 4.25. The lowest BCUT2D eigenvalue weighted by Gasteiger charge is -2.13. The summed E-state index contributed by atoms with van der Waals surface area (Å²) in [7, 11) is 0. The van der Waals surface area contributed by atoms with Crippen molar-refractivity contribution in [2.24, 2.45) is 0 Å². The predicted molar refractivity (Wildman–Crippen MR) is 77.5 cm³/mol. The zero-order valence-electron chi connectivity index (χ0n) is 12.0. The Bertz CT molecular complexity index is 438. The minimum Gasteiger partial charge on any atom is -0.316 e. The number of aromatic nitrogens is 2. The van der Waals surface area contributed by atoms with Gasteiger partial charge in [-0.2, -0.15) is 0 Å². The van der Waals surface area contributed by atoms with Crippen LogP contribution in [0.3, 0.4) is 0 Å². The average molecular weight is 259 g/mol. The van der Waals surface area contributed by atoms with Crippen LogP contribution < -0.4 is 5.32 Å². The molecule has 0 bridgehead atoms. The molecule has 1 fully saturated rings. The minimum absolute atomic E-state index is 0.673. The number of nitrogens with zero attached hydrogens (tertiary/aromatic N) is 2. The van der Waals surface area contributed by atoms with Gasteiger partial charge in [0.05, 0.1) is 0 Å². The van der Waals surface area contributed by atoms with Gasteiger partial charge >= 0.3 is 0 Å². The van der Waals surface area contributed by atoms with Crippen molar-refractivity contribution >= 4 is 0 Å². The van der Waals surface area contributed by atoms with E-state index in [2.05, 4.69) is 12.2 Å². The first-order valence-corrected chi connectivity index (χ1v) is 7.97. The number of aryl methyl sites for hydroxylation is 1. The summed E-state index contributed by atoms with van der Waals surface area (Å²) in [5.41, 5.74) is 4.17. The lowest BCUT2D eigenvalue weighted by molar-refractivity contribution is 0.687. The van der Waals surface area contributed by atoms with E-state index in [1.165, 1.54) is 49.1 Å². The van der Waals surface area contributed by atoms with E-state index in [1.54, 1.807) is 0 Å². The Morgan fingerprint density at radius 2 is 1.95 bits per heavy atom. The Balaban J connectivity index is 1.87. The smallest absolute Gasteiger partial charge is 0.131 e. The van der Waals surface area contributed by atoms with Crippen LogP contribution in [0.5, 0.6) is 0 Å². The van der Waals surface area contributed by atoms with E-state index in [4.69, 9.17) is 9.97 Å². The van der Waals surface area contributed by atoms with Crippen LogP contribution in [0.15, 0.2) is 0 Å². The molecule has 2 heterocycles. The van der Waals surface area contributed by atoms with Gasteiger partial charge in [0.15, 0.2) is 0 Å². The third-order valence-corrected chi connectivity index (χ3v) is 4.25. The number of unbranched alkanes of at least 4 members (excludes halogenated alkanes) is 2. The van der Waals surface area contributed by atoms with Crippen LogP contribution >= 0.6 is 0 Å². The molecule has 1 aliphatic heterocycles. The van der Waals surface area contributed by atoms with Crippen molar-refractivity contribution in [3.8, 4) is 0 Å². The maximum Gasteiger partial charge on any atom is 0.131 e. The molecule has 0 unspecified atom stereocenters. The normalized spacial score (nSPS) is 19.0. The van der Waals surface area contributed by atoms with E-state index >= 15 is 0 Å². The van der Waals surface area contributed by atoms with Crippen LogP contribution in [0.1, 0.15) is 67.7 Å². The topological polar surface area (TPSA) is 37.8 Å². The molecule has 1 N–H and O–H groups in total. The summed E-state index contributed by atoms with van der Waals surface area (Å²) in [6.07, 6.45) is 9.81. The van der Waals surface area contributed by atoms with E-state index in [1.807, 2.05) is 0 Å². The molecule has 0 saturated heterocycles. The average Bonchev–Trinajstić information content (AvgIpc) is 3.25. The van der Waals surface area contributed by atoms with E-state index in [-0.39, 0.29) is 0 Å². The molecule has 19 heavy (non-hydrogen) atoms. The Hall–Kier alpha value is -0.960. The molecule has 1 aliphatic carbocycles. The van der Waals surface area contributed by atoms with Crippen molar-refractivity contribution in [1.29, 1.82) is 0 Å². The maximum absolute atomic E-state index is 4.92. The van der Waals surface area contributed by atoms with Crippen LogP contribution in [-0.2, 0) is 19.3 Å². The number of nitrogens with one attached hydrogen (secondary N) is 1. The van der Waals surface area contributed by atoms with Crippen molar-refractivity contribution in [3.63, 3.8) is 0 Å². The molecule has 0 aromatic carbocycles. The third kappa shape index (κ3) is 3.14.